The molecule has 49 heavy (non-hydrogen) atoms. The van der Waals surface area contributed by atoms with E-state index < -0.39 is 94.4 Å². The quantitative estimate of drug-likeness (QED) is 0.193. The molecule has 2 unspecified atom stereocenters. The van der Waals surface area contributed by atoms with Gasteiger partial charge in [0.1, 0.15) is 24.4 Å². The van der Waals surface area contributed by atoms with Crippen LogP contribution in [0.1, 0.15) is 93.1 Å². The summed E-state index contributed by atoms with van der Waals surface area (Å²) >= 11 is 0. The molecular formula is C37H50O12. The minimum Gasteiger partial charge on any atom is -0.472 e. The zero-order valence-electron chi connectivity index (χ0n) is 30.2. The predicted molar refractivity (Wildman–Crippen MR) is 172 cm³/mol. The zero-order chi connectivity index (χ0) is 36.2. The number of carbonyl (C=O) groups is 5. The Balaban J connectivity index is 1.84. The highest BCUT2D eigenvalue weighted by Gasteiger charge is 2.77. The smallest absolute Gasteiger partial charge is 0.308 e. The lowest BCUT2D eigenvalue weighted by Gasteiger charge is -2.66. The highest BCUT2D eigenvalue weighted by atomic mass is 16.6. The fourth-order valence-corrected chi connectivity index (χ4v) is 10.1. The number of furan rings is 1. The van der Waals surface area contributed by atoms with Crippen LogP contribution in [0.5, 0.6) is 0 Å². The van der Waals surface area contributed by atoms with Gasteiger partial charge in [-0.25, -0.2) is 0 Å². The van der Waals surface area contributed by atoms with Crippen molar-refractivity contribution in [3.05, 3.63) is 35.3 Å². The van der Waals surface area contributed by atoms with Crippen LogP contribution in [0.25, 0.3) is 0 Å². The average Bonchev–Trinajstić information content (AvgIpc) is 3.74. The number of ether oxygens (including phenoxy) is 6. The zero-order valence-corrected chi connectivity index (χ0v) is 30.2. The van der Waals surface area contributed by atoms with Crippen molar-refractivity contribution in [3.63, 3.8) is 0 Å². The molecule has 0 amide bonds. The first-order chi connectivity index (χ1) is 22.9. The monoisotopic (exact) mass is 686 g/mol. The van der Waals surface area contributed by atoms with Crippen LogP contribution in [-0.2, 0) is 52.4 Å². The minimum atomic E-state index is -1.23. The molecule has 1 aromatic heterocycles. The van der Waals surface area contributed by atoms with Crippen LogP contribution < -0.4 is 0 Å². The van der Waals surface area contributed by atoms with Gasteiger partial charge in [0, 0.05) is 61.7 Å². The fraction of sp³-hybridized carbons (Fsp3) is 0.703. The Hall–Kier alpha value is -3.67. The molecule has 0 aromatic carbocycles. The van der Waals surface area contributed by atoms with Crippen molar-refractivity contribution in [1.29, 1.82) is 0 Å². The van der Waals surface area contributed by atoms with Gasteiger partial charge in [0.15, 0.2) is 0 Å². The van der Waals surface area contributed by atoms with Crippen molar-refractivity contribution in [2.45, 2.75) is 118 Å². The van der Waals surface area contributed by atoms with E-state index in [4.69, 9.17) is 32.8 Å². The average molecular weight is 687 g/mol. The van der Waals surface area contributed by atoms with E-state index in [0.717, 1.165) is 11.1 Å². The number of hydrogen-bond donors (Lipinski definition) is 0. The third-order valence-electron chi connectivity index (χ3n) is 12.0. The number of allylic oxidation sites excluding steroid dienone is 1. The van der Waals surface area contributed by atoms with E-state index in [1.54, 1.807) is 26.4 Å². The molecule has 3 aliphatic carbocycles. The van der Waals surface area contributed by atoms with Crippen molar-refractivity contribution in [2.24, 2.45) is 34.0 Å². The molecule has 5 rings (SSSR count). The lowest BCUT2D eigenvalue weighted by atomic mass is 9.39. The van der Waals surface area contributed by atoms with Gasteiger partial charge in [0.05, 0.1) is 38.3 Å². The van der Waals surface area contributed by atoms with E-state index in [-0.39, 0.29) is 25.4 Å². The molecule has 4 aliphatic rings. The maximum atomic E-state index is 13.7. The van der Waals surface area contributed by atoms with Crippen LogP contribution >= 0.6 is 0 Å². The Bertz CT molecular complexity index is 1510. The summed E-state index contributed by atoms with van der Waals surface area (Å²) in [5, 5.41) is 0. The number of rotatable bonds is 9. The van der Waals surface area contributed by atoms with Crippen molar-refractivity contribution >= 4 is 29.8 Å². The molecule has 0 bridgehead atoms. The van der Waals surface area contributed by atoms with Crippen molar-refractivity contribution < 1.29 is 56.8 Å². The van der Waals surface area contributed by atoms with Gasteiger partial charge < -0.3 is 32.8 Å². The molecule has 12 nitrogen and oxygen atoms in total. The Morgan fingerprint density at radius 2 is 1.55 bits per heavy atom. The van der Waals surface area contributed by atoms with Gasteiger partial charge in [0.25, 0.3) is 0 Å². The summed E-state index contributed by atoms with van der Waals surface area (Å²) in [5.41, 5.74) is -0.578. The standard InChI is InChI=1S/C37H50O12/c1-18(2)34(42)49-33-31-32-35(7,17-45-31)27(47-21(5)39)15-28(48-22(6)40)36(32,8)26(14-29(41)43-10)37(33,9)30-19(3)24(23-11-12-44-16-23)13-25(30)46-20(4)38/h11-12,16,18,24-28,31-33H,13-15,17H2,1-10H3/t24-,25+,26-,27-,28+,31?,32?,33-,35-,36+,37-/m1/s1. The Labute approximate surface area is 287 Å². The van der Waals surface area contributed by atoms with Gasteiger partial charge in [-0.1, -0.05) is 40.2 Å². The van der Waals surface area contributed by atoms with Gasteiger partial charge in [0.2, 0.25) is 0 Å². The highest BCUT2D eigenvalue weighted by Crippen LogP contribution is 2.72. The molecule has 0 N–H and O–H groups in total. The summed E-state index contributed by atoms with van der Waals surface area (Å²) in [4.78, 5) is 65.2. The summed E-state index contributed by atoms with van der Waals surface area (Å²) in [7, 11) is 1.31. The maximum absolute atomic E-state index is 13.7. The van der Waals surface area contributed by atoms with Crippen molar-refractivity contribution in [2.75, 3.05) is 13.7 Å². The van der Waals surface area contributed by atoms with Gasteiger partial charge in [-0.2, -0.15) is 0 Å². The van der Waals surface area contributed by atoms with Crippen LogP contribution in [0.4, 0.5) is 0 Å². The summed E-state index contributed by atoms with van der Waals surface area (Å²) < 4.78 is 42.1. The second kappa shape index (κ2) is 13.2. The summed E-state index contributed by atoms with van der Waals surface area (Å²) in [6.07, 6.45) is -0.404. The second-order valence-electron chi connectivity index (χ2n) is 15.2. The first kappa shape index (κ1) is 36.6. The van der Waals surface area contributed by atoms with E-state index >= 15 is 0 Å². The Morgan fingerprint density at radius 1 is 0.918 bits per heavy atom. The maximum Gasteiger partial charge on any atom is 0.308 e. The molecule has 3 fully saturated rings. The Morgan fingerprint density at radius 3 is 2.10 bits per heavy atom. The lowest BCUT2D eigenvalue weighted by Crippen LogP contribution is -2.72. The molecule has 270 valence electrons. The van der Waals surface area contributed by atoms with E-state index in [9.17, 15) is 24.0 Å². The summed E-state index contributed by atoms with van der Waals surface area (Å²) in [6, 6.07) is 1.86. The first-order valence-electron chi connectivity index (χ1n) is 17.0. The van der Waals surface area contributed by atoms with E-state index in [1.807, 2.05) is 33.8 Å². The van der Waals surface area contributed by atoms with Crippen molar-refractivity contribution in [1.82, 2.24) is 0 Å². The normalized spacial score (nSPS) is 38.1. The van der Waals surface area contributed by atoms with Gasteiger partial charge in [-0.15, -0.1) is 0 Å². The largest absolute Gasteiger partial charge is 0.472 e. The lowest BCUT2D eigenvalue weighted by molar-refractivity contribution is -0.261. The van der Waals surface area contributed by atoms with E-state index in [1.165, 1.54) is 27.9 Å². The molecule has 1 aliphatic heterocycles. The third-order valence-corrected chi connectivity index (χ3v) is 12.0. The van der Waals surface area contributed by atoms with E-state index in [2.05, 4.69) is 0 Å². The molecular weight excluding hydrogens is 636 g/mol. The van der Waals surface area contributed by atoms with Crippen LogP contribution in [-0.4, -0.2) is 74.1 Å². The van der Waals surface area contributed by atoms with Crippen LogP contribution in [0.15, 0.2) is 34.2 Å². The summed E-state index contributed by atoms with van der Waals surface area (Å²) in [5.74, 6) is -4.44. The van der Waals surface area contributed by atoms with Gasteiger partial charge in [-0.3, -0.25) is 24.0 Å². The SMILES string of the molecule is COC(=O)C[C@H]1[C@](C)(C2=C(C)[C@H](c3ccoc3)C[C@@H]2OC(C)=O)[C@H](OC(=O)C(C)C)C2OC[C@@]3(C)C2[C@]1(C)[C@@H](OC(C)=O)C[C@H]3OC(C)=O. The van der Waals surface area contributed by atoms with Crippen LogP contribution in [0.3, 0.4) is 0 Å². The number of methoxy groups -OCH3 is 1. The Kier molecular flexibility index (Phi) is 9.88. The molecule has 1 aromatic rings. The first-order valence-corrected chi connectivity index (χ1v) is 17.0. The predicted octanol–water partition coefficient (Wildman–Crippen LogP) is 5.08. The summed E-state index contributed by atoms with van der Waals surface area (Å²) in [6.45, 7) is 15.5. The molecule has 11 atom stereocenters. The number of carbonyl (C=O) groups excluding carboxylic acids is 5. The van der Waals surface area contributed by atoms with Gasteiger partial charge in [-0.05, 0) is 36.5 Å². The molecule has 0 radical (unpaired) electrons. The van der Waals surface area contributed by atoms with E-state index in [0.29, 0.717) is 12.0 Å². The fourth-order valence-electron chi connectivity index (χ4n) is 10.1. The number of hydrogen-bond acceptors (Lipinski definition) is 12. The molecule has 0 spiro atoms. The van der Waals surface area contributed by atoms with Crippen LogP contribution in [0.2, 0.25) is 0 Å². The third kappa shape index (κ3) is 5.97. The number of esters is 5. The molecule has 2 saturated carbocycles. The molecule has 2 heterocycles. The van der Waals surface area contributed by atoms with Crippen molar-refractivity contribution in [3.8, 4) is 0 Å². The minimum absolute atomic E-state index is 0.144. The molecule has 12 heteroatoms. The topological polar surface area (TPSA) is 154 Å². The molecule has 1 saturated heterocycles. The highest BCUT2D eigenvalue weighted by molar-refractivity contribution is 5.73. The second-order valence-corrected chi connectivity index (χ2v) is 15.2. The van der Waals surface area contributed by atoms with Gasteiger partial charge >= 0.3 is 29.8 Å². The van der Waals surface area contributed by atoms with Crippen LogP contribution in [0, 0.1) is 34.0 Å².